The third-order valence-corrected chi connectivity index (χ3v) is 21.7. The van der Waals surface area contributed by atoms with Gasteiger partial charge in [-0.15, -0.1) is 0 Å². The van der Waals surface area contributed by atoms with Crippen LogP contribution in [0, 0.1) is 6.92 Å². The van der Waals surface area contributed by atoms with E-state index in [9.17, 15) is 35.6 Å². The number of amides is 2. The van der Waals surface area contributed by atoms with Crippen LogP contribution in [0.25, 0.3) is 22.5 Å². The van der Waals surface area contributed by atoms with Crippen molar-refractivity contribution in [2.75, 3.05) is 48.0 Å². The normalized spacial score (nSPS) is 13.8. The lowest BCUT2D eigenvalue weighted by molar-refractivity contribution is 0.101. The van der Waals surface area contributed by atoms with E-state index in [2.05, 4.69) is 30.6 Å². The molecule has 0 aliphatic rings. The summed E-state index contributed by atoms with van der Waals surface area (Å²) in [4.78, 5) is 41.7. The van der Waals surface area contributed by atoms with Crippen LogP contribution in [-0.2, 0) is 48.8 Å². The fourth-order valence-electron chi connectivity index (χ4n) is 6.76. The molecule has 0 radical (unpaired) electrons. The molecule has 1 unspecified atom stereocenters. The maximum atomic E-state index is 13.9. The number of sulfone groups is 2. The fourth-order valence-corrected chi connectivity index (χ4v) is 15.7. The van der Waals surface area contributed by atoms with Crippen molar-refractivity contribution < 1.29 is 49.1 Å². The molecule has 3 atom stereocenters. The first-order valence-electron chi connectivity index (χ1n) is 20.8. The van der Waals surface area contributed by atoms with Crippen LogP contribution in [0.1, 0.15) is 52.9 Å². The largest absolute Gasteiger partial charge is 0.382 e. The number of nitrogens with two attached hydrogens (primary N) is 2. The molecule has 6 N–H and O–H groups in total. The highest BCUT2D eigenvalue weighted by Gasteiger charge is 2.41. The van der Waals surface area contributed by atoms with Crippen LogP contribution in [0.2, 0.25) is 0 Å². The van der Waals surface area contributed by atoms with E-state index < -0.39 is 63.0 Å². The minimum absolute atomic E-state index is 0.0418. The molecule has 0 aliphatic carbocycles. The van der Waals surface area contributed by atoms with Gasteiger partial charge in [0.1, 0.15) is 5.49 Å². The molecule has 0 fully saturated rings. The van der Waals surface area contributed by atoms with Gasteiger partial charge in [0.15, 0.2) is 47.7 Å². The van der Waals surface area contributed by atoms with E-state index in [-0.39, 0.29) is 56.8 Å². The van der Waals surface area contributed by atoms with Crippen molar-refractivity contribution >= 4 is 69.5 Å². The van der Waals surface area contributed by atoms with Crippen LogP contribution in [0.4, 0.5) is 23.0 Å². The van der Waals surface area contributed by atoms with Crippen molar-refractivity contribution in [3.63, 3.8) is 0 Å². The Kier molecular flexibility index (Phi) is 15.8. The fraction of sp³-hybridized carbons (Fsp3) is 0.244. The minimum Gasteiger partial charge on any atom is -0.382 e. The van der Waals surface area contributed by atoms with Crippen LogP contribution in [0.15, 0.2) is 119 Å². The topological polar surface area (TPSA) is 292 Å². The smallest absolute Gasteiger partial charge is 0.348 e. The van der Waals surface area contributed by atoms with Gasteiger partial charge in [0.25, 0.3) is 11.8 Å². The Balaban J connectivity index is 1.05. The summed E-state index contributed by atoms with van der Waals surface area (Å²) in [6.45, 7) is 6.46. The number of hydrogen-bond acceptors (Lipinski definition) is 17. The highest BCUT2D eigenvalue weighted by molar-refractivity contribution is 7.98. The van der Waals surface area contributed by atoms with Gasteiger partial charge in [-0.2, -0.15) is 0 Å². The lowest BCUT2D eigenvalue weighted by Crippen LogP contribution is -2.20. The van der Waals surface area contributed by atoms with E-state index in [1.165, 1.54) is 67.8 Å². The number of nitrogens with zero attached hydrogens (tertiary/aromatic N) is 4. The lowest BCUT2D eigenvalue weighted by Gasteiger charge is -2.22. The van der Waals surface area contributed by atoms with Crippen LogP contribution >= 0.6 is 15.0 Å². The first-order valence-corrected chi connectivity index (χ1v) is 27.6. The molecule has 2 heterocycles. The van der Waals surface area contributed by atoms with Gasteiger partial charge in [-0.1, -0.05) is 61.0 Å². The molecule has 0 spiro atoms. The Hall–Kier alpha value is -6.18. The molecular weight excluding hydrogens is 955 g/mol. The summed E-state index contributed by atoms with van der Waals surface area (Å²) in [5, 5.41) is 5.29. The Bertz CT molecular complexity index is 3140. The van der Waals surface area contributed by atoms with E-state index in [1.54, 1.807) is 38.1 Å². The van der Waals surface area contributed by atoms with E-state index in [0.29, 0.717) is 17.0 Å². The van der Waals surface area contributed by atoms with E-state index in [1.807, 2.05) is 31.2 Å². The standard InChI is InChI=1S/C45H50N8O11P2S2/c1-7-65(56,27-67(58,59)36-20-16-34(17-21-36)50-44(54)40-42(46)48-25-38(52-40)32-12-8-28(2)9-13-32)64-29(3)24-31-10-14-33(15-11-31)39-26-49-43(47)41(53-39)45(55)51-35-18-22-37(23-19-35)68(60,61)30(4)66(57,62-5)63-6/h8-23,25-26,29-30H,7,24,27H2,1-6H3,(H2,46,48)(H2,47,49)(H,50,54)(H,51,55)/t29?,30-,65+/m1/s1. The summed E-state index contributed by atoms with van der Waals surface area (Å²) in [7, 11) is -13.7. The first-order chi connectivity index (χ1) is 32.1. The van der Waals surface area contributed by atoms with Gasteiger partial charge in [0.2, 0.25) is 7.37 Å². The Labute approximate surface area is 394 Å². The summed E-state index contributed by atoms with van der Waals surface area (Å²) >= 11 is 0. The number of carbonyl (C=O) groups excluding carboxylic acids is 2. The number of aromatic nitrogens is 4. The van der Waals surface area contributed by atoms with Gasteiger partial charge >= 0.3 is 7.60 Å². The molecule has 0 saturated heterocycles. The van der Waals surface area contributed by atoms with Crippen molar-refractivity contribution in [1.29, 1.82) is 0 Å². The number of aryl methyl sites for hydroxylation is 1. The molecule has 0 bridgehead atoms. The molecule has 0 aliphatic heterocycles. The minimum atomic E-state index is -4.14. The molecule has 2 amide bonds. The van der Waals surface area contributed by atoms with Gasteiger partial charge < -0.3 is 35.7 Å². The number of nitrogens with one attached hydrogen (secondary N) is 2. The van der Waals surface area contributed by atoms with Crippen LogP contribution in [0.5, 0.6) is 0 Å². The number of anilines is 4. The molecule has 358 valence electrons. The monoisotopic (exact) mass is 1000 g/mol. The maximum Gasteiger partial charge on any atom is 0.348 e. The molecular formula is C45H50N8O11P2S2. The zero-order valence-corrected chi connectivity index (χ0v) is 41.2. The Morgan fingerprint density at radius 1 is 0.676 bits per heavy atom. The van der Waals surface area contributed by atoms with Crippen molar-refractivity contribution in [3.8, 4) is 22.5 Å². The zero-order valence-electron chi connectivity index (χ0n) is 37.8. The Morgan fingerprint density at radius 3 is 1.56 bits per heavy atom. The van der Waals surface area contributed by atoms with Gasteiger partial charge in [-0.25, -0.2) is 36.8 Å². The predicted molar refractivity (Wildman–Crippen MR) is 260 cm³/mol. The molecule has 6 rings (SSSR count). The van der Waals surface area contributed by atoms with Crippen LogP contribution in [-0.4, -0.2) is 85.6 Å². The molecule has 68 heavy (non-hydrogen) atoms. The second-order valence-corrected chi connectivity index (χ2v) is 26.0. The SMILES string of the molecule is CC[P@@](=O)(CS(=O)(=O)c1ccc(NC(=O)c2nc(-c3ccc(C)cc3)cnc2N)cc1)OC(C)Cc1ccc(-c2cnc(N)c(C(=O)Nc3ccc(S(=O)(=O)[C@H](C)P(=O)(OC)OC)cc3)n2)cc1. The third-order valence-electron chi connectivity index (χ3n) is 10.7. The van der Waals surface area contributed by atoms with E-state index >= 15 is 0 Å². The summed E-state index contributed by atoms with van der Waals surface area (Å²) in [5.74, 6) is -1.59. The van der Waals surface area contributed by atoms with Crippen molar-refractivity contribution in [3.05, 3.63) is 132 Å². The zero-order chi connectivity index (χ0) is 49.6. The third kappa shape index (κ3) is 11.9. The van der Waals surface area contributed by atoms with Gasteiger partial charge in [0, 0.05) is 42.9 Å². The van der Waals surface area contributed by atoms with Crippen LogP contribution in [0.3, 0.4) is 0 Å². The first kappa shape index (κ1) is 51.2. The van der Waals surface area contributed by atoms with E-state index in [0.717, 1.165) is 30.9 Å². The molecule has 19 nitrogen and oxygen atoms in total. The summed E-state index contributed by atoms with van der Waals surface area (Å²) < 4.78 is 95.6. The quantitative estimate of drug-likeness (QED) is 0.0561. The number of rotatable bonds is 19. The summed E-state index contributed by atoms with van der Waals surface area (Å²) in [6, 6.07) is 25.1. The molecule has 23 heteroatoms. The lowest BCUT2D eigenvalue weighted by atomic mass is 10.1. The summed E-state index contributed by atoms with van der Waals surface area (Å²) in [6.07, 6.45) is 2.45. The predicted octanol–water partition coefficient (Wildman–Crippen LogP) is 7.86. The highest BCUT2D eigenvalue weighted by atomic mass is 32.2. The maximum absolute atomic E-state index is 13.9. The van der Waals surface area contributed by atoms with Crippen LogP contribution < -0.4 is 22.1 Å². The van der Waals surface area contributed by atoms with Gasteiger partial charge in [0.05, 0.1) is 39.7 Å². The number of benzene rings is 4. The molecule has 2 aromatic heterocycles. The average molecular weight is 1010 g/mol. The number of hydrogen-bond donors (Lipinski definition) is 4. The van der Waals surface area contributed by atoms with E-state index in [4.69, 9.17) is 25.0 Å². The Morgan fingerprint density at radius 2 is 1.12 bits per heavy atom. The molecule has 6 aromatic rings. The average Bonchev–Trinajstić information content (AvgIpc) is 3.32. The number of nitrogen functional groups attached to an aromatic ring is 2. The van der Waals surface area contributed by atoms with Crippen molar-refractivity contribution in [1.82, 2.24) is 19.9 Å². The highest BCUT2D eigenvalue weighted by Crippen LogP contribution is 2.54. The second kappa shape index (κ2) is 21.0. The van der Waals surface area contributed by atoms with Crippen molar-refractivity contribution in [2.45, 2.75) is 55.0 Å². The summed E-state index contributed by atoms with van der Waals surface area (Å²) in [5.41, 5.74) is 15.4. The van der Waals surface area contributed by atoms with Crippen molar-refractivity contribution in [2.24, 2.45) is 0 Å². The van der Waals surface area contributed by atoms with Gasteiger partial charge in [-0.3, -0.25) is 18.7 Å². The van der Waals surface area contributed by atoms with Gasteiger partial charge in [-0.05, 0) is 81.3 Å². The second-order valence-electron chi connectivity index (χ2n) is 15.5. The number of carbonyl (C=O) groups is 2. The molecule has 4 aromatic carbocycles. The molecule has 0 saturated carbocycles.